The molecule has 1 unspecified atom stereocenters. The Morgan fingerprint density at radius 2 is 1.88 bits per heavy atom. The highest BCUT2D eigenvalue weighted by atomic mass is 19.3. The lowest BCUT2D eigenvalue weighted by molar-refractivity contribution is -0.142. The average molecular weight is 226 g/mol. The summed E-state index contributed by atoms with van der Waals surface area (Å²) in [5.74, 6) is -4.57. The number of carbonyl (C=O) groups is 1. The second-order valence-corrected chi connectivity index (χ2v) is 4.39. The highest BCUT2D eigenvalue weighted by Crippen LogP contribution is 2.61. The first-order chi connectivity index (χ1) is 7.31. The second kappa shape index (κ2) is 3.03. The van der Waals surface area contributed by atoms with E-state index in [9.17, 15) is 13.6 Å². The Bertz CT molecular complexity index is 468. The van der Waals surface area contributed by atoms with Crippen LogP contribution < -0.4 is 0 Å². The predicted octanol–water partition coefficient (Wildman–Crippen LogP) is 2.66. The molecule has 1 N–H and O–H groups in total. The minimum Gasteiger partial charge on any atom is -0.480 e. The largest absolute Gasteiger partial charge is 0.480 e. The molecule has 2 rings (SSSR count). The quantitative estimate of drug-likeness (QED) is 0.841. The van der Waals surface area contributed by atoms with Crippen LogP contribution in [0.15, 0.2) is 18.2 Å². The van der Waals surface area contributed by atoms with Gasteiger partial charge in [0.05, 0.1) is 0 Å². The molecule has 1 atom stereocenters. The standard InChI is InChI=1S/C12H12F2O2/c1-7-3-4-9(5-8(7)2)11(10(15)16)6-12(11,13)14/h3-5H,6H2,1-2H3,(H,15,16). The number of alkyl halides is 2. The van der Waals surface area contributed by atoms with E-state index >= 15 is 0 Å². The van der Waals surface area contributed by atoms with Crippen molar-refractivity contribution in [1.82, 2.24) is 0 Å². The molecule has 1 aliphatic rings. The van der Waals surface area contributed by atoms with E-state index in [1.54, 1.807) is 19.1 Å². The summed E-state index contributed by atoms with van der Waals surface area (Å²) in [6.07, 6.45) is -0.599. The van der Waals surface area contributed by atoms with Crippen molar-refractivity contribution in [3.8, 4) is 0 Å². The van der Waals surface area contributed by atoms with Crippen LogP contribution in [0.2, 0.25) is 0 Å². The van der Waals surface area contributed by atoms with E-state index in [1.807, 2.05) is 6.92 Å². The molecule has 0 saturated heterocycles. The molecule has 2 nitrogen and oxygen atoms in total. The van der Waals surface area contributed by atoms with Crippen LogP contribution >= 0.6 is 0 Å². The molecule has 0 bridgehead atoms. The zero-order valence-corrected chi connectivity index (χ0v) is 9.05. The molecule has 1 saturated carbocycles. The topological polar surface area (TPSA) is 37.3 Å². The number of hydrogen-bond acceptors (Lipinski definition) is 1. The Kier molecular flexibility index (Phi) is 2.09. The van der Waals surface area contributed by atoms with Gasteiger partial charge in [0.2, 0.25) is 0 Å². The number of aryl methyl sites for hydroxylation is 2. The molecule has 0 spiro atoms. The molecule has 86 valence electrons. The molecule has 4 heteroatoms. The van der Waals surface area contributed by atoms with Gasteiger partial charge in [0.15, 0.2) is 5.41 Å². The van der Waals surface area contributed by atoms with Gasteiger partial charge in [-0.05, 0) is 30.5 Å². The third kappa shape index (κ3) is 1.25. The molecule has 0 heterocycles. The van der Waals surface area contributed by atoms with Crippen LogP contribution in [0.4, 0.5) is 8.78 Å². The lowest BCUT2D eigenvalue weighted by atomic mass is 9.92. The zero-order valence-electron chi connectivity index (χ0n) is 9.05. The summed E-state index contributed by atoms with van der Waals surface area (Å²) >= 11 is 0. The Labute approximate surface area is 91.9 Å². The molecular formula is C12H12F2O2. The van der Waals surface area contributed by atoms with Crippen LogP contribution in [0.5, 0.6) is 0 Å². The van der Waals surface area contributed by atoms with Gasteiger partial charge >= 0.3 is 5.97 Å². The van der Waals surface area contributed by atoms with Crippen LogP contribution in [-0.2, 0) is 10.2 Å². The SMILES string of the molecule is Cc1ccc(C2(C(=O)O)CC2(F)F)cc1C. The molecule has 0 aliphatic heterocycles. The normalized spacial score (nSPS) is 26.5. The van der Waals surface area contributed by atoms with Gasteiger partial charge in [-0.3, -0.25) is 4.79 Å². The molecule has 1 aromatic rings. The molecule has 1 fully saturated rings. The number of carboxylic acids is 1. The lowest BCUT2D eigenvalue weighted by Gasteiger charge is -2.13. The van der Waals surface area contributed by atoms with E-state index in [2.05, 4.69) is 0 Å². The van der Waals surface area contributed by atoms with Gasteiger partial charge in [-0.25, -0.2) is 8.78 Å². The molecule has 0 radical (unpaired) electrons. The minimum absolute atomic E-state index is 0.202. The smallest absolute Gasteiger partial charge is 0.320 e. The van der Waals surface area contributed by atoms with Crippen molar-refractivity contribution in [2.45, 2.75) is 31.6 Å². The predicted molar refractivity (Wildman–Crippen MR) is 54.8 cm³/mol. The van der Waals surface area contributed by atoms with Gasteiger partial charge in [0, 0.05) is 6.42 Å². The highest BCUT2D eigenvalue weighted by Gasteiger charge is 2.77. The van der Waals surface area contributed by atoms with Gasteiger partial charge in [-0.15, -0.1) is 0 Å². The summed E-state index contributed by atoms with van der Waals surface area (Å²) in [6.45, 7) is 3.65. The maximum atomic E-state index is 13.2. The van der Waals surface area contributed by atoms with Crippen molar-refractivity contribution in [2.24, 2.45) is 0 Å². The van der Waals surface area contributed by atoms with E-state index in [4.69, 9.17) is 5.11 Å². The number of carboxylic acid groups (broad SMARTS) is 1. The second-order valence-electron chi connectivity index (χ2n) is 4.39. The summed E-state index contributed by atoms with van der Waals surface area (Å²) < 4.78 is 26.5. The van der Waals surface area contributed by atoms with Crippen molar-refractivity contribution in [1.29, 1.82) is 0 Å². The monoisotopic (exact) mass is 226 g/mol. The summed E-state index contributed by atoms with van der Waals surface area (Å²) in [6, 6.07) is 4.71. The first kappa shape index (κ1) is 11.0. The van der Waals surface area contributed by atoms with Crippen LogP contribution in [0.1, 0.15) is 23.1 Å². The maximum Gasteiger partial charge on any atom is 0.320 e. The van der Waals surface area contributed by atoms with Gasteiger partial charge in [0.1, 0.15) is 0 Å². The van der Waals surface area contributed by atoms with Crippen LogP contribution in [0, 0.1) is 13.8 Å². The average Bonchev–Trinajstić information content (AvgIpc) is 2.75. The van der Waals surface area contributed by atoms with Crippen molar-refractivity contribution in [3.63, 3.8) is 0 Å². The van der Waals surface area contributed by atoms with Gasteiger partial charge in [0.25, 0.3) is 5.92 Å². The Balaban J connectivity index is 2.51. The van der Waals surface area contributed by atoms with Gasteiger partial charge in [-0.1, -0.05) is 18.2 Å². The Morgan fingerprint density at radius 3 is 2.25 bits per heavy atom. The third-order valence-electron chi connectivity index (χ3n) is 3.35. The van der Waals surface area contributed by atoms with Crippen molar-refractivity contribution in [2.75, 3.05) is 0 Å². The number of benzene rings is 1. The van der Waals surface area contributed by atoms with Crippen molar-refractivity contribution in [3.05, 3.63) is 34.9 Å². The van der Waals surface area contributed by atoms with E-state index < -0.39 is 23.7 Å². The Morgan fingerprint density at radius 1 is 1.31 bits per heavy atom. The molecule has 0 amide bonds. The van der Waals surface area contributed by atoms with Crippen LogP contribution in [-0.4, -0.2) is 17.0 Å². The third-order valence-corrected chi connectivity index (χ3v) is 3.35. The number of rotatable bonds is 2. The first-order valence-electron chi connectivity index (χ1n) is 5.00. The van der Waals surface area contributed by atoms with Crippen molar-refractivity contribution < 1.29 is 18.7 Å². The fourth-order valence-corrected chi connectivity index (χ4v) is 1.96. The van der Waals surface area contributed by atoms with E-state index in [-0.39, 0.29) is 5.56 Å². The fourth-order valence-electron chi connectivity index (χ4n) is 1.96. The van der Waals surface area contributed by atoms with Crippen molar-refractivity contribution >= 4 is 5.97 Å². The fraction of sp³-hybridized carbons (Fsp3) is 0.417. The molecule has 1 aromatic carbocycles. The van der Waals surface area contributed by atoms with Crippen LogP contribution in [0.25, 0.3) is 0 Å². The number of hydrogen-bond donors (Lipinski definition) is 1. The maximum absolute atomic E-state index is 13.2. The number of aliphatic carboxylic acids is 1. The highest BCUT2D eigenvalue weighted by molar-refractivity contribution is 5.87. The molecule has 1 aliphatic carbocycles. The van der Waals surface area contributed by atoms with Gasteiger partial charge < -0.3 is 5.11 Å². The van der Waals surface area contributed by atoms with Crippen LogP contribution in [0.3, 0.4) is 0 Å². The van der Waals surface area contributed by atoms with E-state index in [1.165, 1.54) is 6.07 Å². The summed E-state index contributed by atoms with van der Waals surface area (Å²) in [7, 11) is 0. The summed E-state index contributed by atoms with van der Waals surface area (Å²) in [4.78, 5) is 11.0. The van der Waals surface area contributed by atoms with E-state index in [0.29, 0.717) is 0 Å². The Hall–Kier alpha value is -1.45. The summed E-state index contributed by atoms with van der Waals surface area (Å²) in [5, 5.41) is 8.97. The van der Waals surface area contributed by atoms with Gasteiger partial charge in [-0.2, -0.15) is 0 Å². The number of halogens is 2. The van der Waals surface area contributed by atoms with E-state index in [0.717, 1.165) is 11.1 Å². The molecule has 16 heavy (non-hydrogen) atoms. The summed E-state index contributed by atoms with van der Waals surface area (Å²) in [5.41, 5.74) is 0.00744. The lowest BCUT2D eigenvalue weighted by Crippen LogP contribution is -2.27. The molecule has 0 aromatic heterocycles. The zero-order chi connectivity index (χ0) is 12.1. The first-order valence-corrected chi connectivity index (χ1v) is 5.00. The molecular weight excluding hydrogens is 214 g/mol. The minimum atomic E-state index is -3.12.